The molecule has 2 fully saturated rings. The first-order chi connectivity index (χ1) is 10.3. The van der Waals surface area contributed by atoms with Crippen LogP contribution in [0.25, 0.3) is 0 Å². The van der Waals surface area contributed by atoms with Gasteiger partial charge in [-0.05, 0) is 42.9 Å². The van der Waals surface area contributed by atoms with E-state index in [0.717, 1.165) is 36.2 Å². The SMILES string of the molecule is C1=CC2CC1CC21COC(c2ccc3c(c2)OCO3)OC1. The van der Waals surface area contributed by atoms with E-state index < -0.39 is 0 Å². The summed E-state index contributed by atoms with van der Waals surface area (Å²) >= 11 is 0. The molecule has 5 rings (SSSR count). The summed E-state index contributed by atoms with van der Waals surface area (Å²) in [6.45, 7) is 1.87. The number of ether oxygens (including phenoxy) is 4. The van der Waals surface area contributed by atoms with Crippen molar-refractivity contribution in [3.8, 4) is 11.5 Å². The van der Waals surface area contributed by atoms with Crippen LogP contribution < -0.4 is 9.47 Å². The maximum absolute atomic E-state index is 6.06. The maximum Gasteiger partial charge on any atom is 0.231 e. The van der Waals surface area contributed by atoms with Gasteiger partial charge in [-0.15, -0.1) is 0 Å². The lowest BCUT2D eigenvalue weighted by Crippen LogP contribution is -2.41. The summed E-state index contributed by atoms with van der Waals surface area (Å²) in [5.41, 5.74) is 1.22. The maximum atomic E-state index is 6.06. The first-order valence-electron chi connectivity index (χ1n) is 7.64. The Morgan fingerprint density at radius 2 is 1.86 bits per heavy atom. The zero-order valence-corrected chi connectivity index (χ0v) is 11.8. The molecule has 2 aliphatic heterocycles. The largest absolute Gasteiger partial charge is 0.454 e. The van der Waals surface area contributed by atoms with Gasteiger partial charge in [0.05, 0.1) is 13.2 Å². The van der Waals surface area contributed by atoms with E-state index in [-0.39, 0.29) is 11.7 Å². The average molecular weight is 286 g/mol. The molecule has 0 N–H and O–H groups in total. The van der Waals surface area contributed by atoms with E-state index in [9.17, 15) is 0 Å². The van der Waals surface area contributed by atoms with E-state index in [1.54, 1.807) is 0 Å². The van der Waals surface area contributed by atoms with Crippen molar-refractivity contribution in [1.82, 2.24) is 0 Å². The fraction of sp³-hybridized carbons (Fsp3) is 0.529. The van der Waals surface area contributed by atoms with Crippen LogP contribution >= 0.6 is 0 Å². The average Bonchev–Trinajstić information content (AvgIpc) is 3.22. The fourth-order valence-electron chi connectivity index (χ4n) is 4.21. The highest BCUT2D eigenvalue weighted by Gasteiger charge is 2.51. The molecule has 2 unspecified atom stereocenters. The molecule has 2 heterocycles. The van der Waals surface area contributed by atoms with Gasteiger partial charge in [0, 0.05) is 11.0 Å². The molecular weight excluding hydrogens is 268 g/mol. The van der Waals surface area contributed by atoms with Gasteiger partial charge in [0.2, 0.25) is 6.79 Å². The van der Waals surface area contributed by atoms with Gasteiger partial charge in [-0.1, -0.05) is 12.2 Å². The van der Waals surface area contributed by atoms with Crippen LogP contribution in [0.5, 0.6) is 11.5 Å². The summed E-state index contributed by atoms with van der Waals surface area (Å²) < 4.78 is 22.9. The molecule has 4 aliphatic rings. The second kappa shape index (κ2) is 4.24. The van der Waals surface area contributed by atoms with Crippen LogP contribution in [0, 0.1) is 17.3 Å². The monoisotopic (exact) mass is 286 g/mol. The lowest BCUT2D eigenvalue weighted by molar-refractivity contribution is -0.239. The summed E-state index contributed by atoms with van der Waals surface area (Å²) in [6.07, 6.45) is 6.93. The summed E-state index contributed by atoms with van der Waals surface area (Å²) in [5, 5.41) is 0. The van der Waals surface area contributed by atoms with Gasteiger partial charge in [0.15, 0.2) is 17.8 Å². The molecule has 4 nitrogen and oxygen atoms in total. The summed E-state index contributed by atoms with van der Waals surface area (Å²) in [5.74, 6) is 2.96. The molecule has 2 aliphatic carbocycles. The molecule has 110 valence electrons. The first-order valence-corrected chi connectivity index (χ1v) is 7.64. The smallest absolute Gasteiger partial charge is 0.231 e. The van der Waals surface area contributed by atoms with Crippen molar-refractivity contribution >= 4 is 0 Å². The molecule has 21 heavy (non-hydrogen) atoms. The van der Waals surface area contributed by atoms with Gasteiger partial charge in [-0.3, -0.25) is 0 Å². The second-order valence-corrected chi connectivity index (χ2v) is 6.62. The second-order valence-electron chi connectivity index (χ2n) is 6.62. The third kappa shape index (κ3) is 1.75. The fourth-order valence-corrected chi connectivity index (χ4v) is 4.21. The lowest BCUT2D eigenvalue weighted by atomic mass is 9.76. The van der Waals surface area contributed by atoms with Crippen LogP contribution in [-0.4, -0.2) is 20.0 Å². The highest BCUT2D eigenvalue weighted by molar-refractivity contribution is 5.44. The van der Waals surface area contributed by atoms with E-state index in [0.29, 0.717) is 12.7 Å². The Morgan fingerprint density at radius 1 is 1.00 bits per heavy atom. The molecule has 1 aromatic carbocycles. The molecular formula is C17H18O4. The highest BCUT2D eigenvalue weighted by Crippen LogP contribution is 2.54. The molecule has 4 heteroatoms. The summed E-state index contributed by atoms with van der Waals surface area (Å²) in [6, 6.07) is 5.89. The first kappa shape index (κ1) is 12.1. The Hall–Kier alpha value is -1.52. The summed E-state index contributed by atoms with van der Waals surface area (Å²) in [7, 11) is 0. The van der Waals surface area contributed by atoms with Crippen molar-refractivity contribution < 1.29 is 18.9 Å². The van der Waals surface area contributed by atoms with E-state index in [4.69, 9.17) is 18.9 Å². The number of benzene rings is 1. The van der Waals surface area contributed by atoms with Crippen LogP contribution in [0.4, 0.5) is 0 Å². The van der Waals surface area contributed by atoms with Crippen molar-refractivity contribution in [3.63, 3.8) is 0 Å². The Bertz CT molecular complexity index is 601. The standard InChI is InChI=1S/C17H18O4/c1-3-13-5-11(1)7-17(13)8-18-16(19-9-17)12-2-4-14-15(6-12)21-10-20-14/h1-4,6,11,13,16H,5,7-10H2. The van der Waals surface area contributed by atoms with Gasteiger partial charge in [-0.25, -0.2) is 0 Å². The zero-order valence-electron chi connectivity index (χ0n) is 11.8. The Morgan fingerprint density at radius 3 is 2.62 bits per heavy atom. The van der Waals surface area contributed by atoms with Crippen LogP contribution in [0.1, 0.15) is 24.7 Å². The number of hydrogen-bond donors (Lipinski definition) is 0. The van der Waals surface area contributed by atoms with E-state index in [1.165, 1.54) is 12.8 Å². The minimum atomic E-state index is -0.284. The molecule has 1 saturated carbocycles. The molecule has 1 saturated heterocycles. The van der Waals surface area contributed by atoms with E-state index in [1.807, 2.05) is 18.2 Å². The van der Waals surface area contributed by atoms with Gasteiger partial charge in [0.1, 0.15) is 0 Å². The molecule has 2 atom stereocenters. The third-order valence-corrected chi connectivity index (χ3v) is 5.34. The lowest BCUT2D eigenvalue weighted by Gasteiger charge is -2.41. The number of rotatable bonds is 1. The molecule has 1 spiro atoms. The Labute approximate surface area is 123 Å². The van der Waals surface area contributed by atoms with E-state index >= 15 is 0 Å². The van der Waals surface area contributed by atoms with Crippen LogP contribution in [0.3, 0.4) is 0 Å². The molecule has 1 aromatic rings. The van der Waals surface area contributed by atoms with Crippen molar-refractivity contribution in [2.45, 2.75) is 19.1 Å². The van der Waals surface area contributed by atoms with Gasteiger partial charge in [-0.2, -0.15) is 0 Å². The minimum Gasteiger partial charge on any atom is -0.454 e. The van der Waals surface area contributed by atoms with Crippen molar-refractivity contribution in [1.29, 1.82) is 0 Å². The molecule has 2 bridgehead atoms. The molecule has 0 aromatic heterocycles. The number of allylic oxidation sites excluding steroid dienone is 2. The third-order valence-electron chi connectivity index (χ3n) is 5.34. The molecule has 0 radical (unpaired) electrons. The van der Waals surface area contributed by atoms with Crippen molar-refractivity contribution in [3.05, 3.63) is 35.9 Å². The normalized spacial score (nSPS) is 39.3. The summed E-state index contributed by atoms with van der Waals surface area (Å²) in [4.78, 5) is 0. The number of hydrogen-bond acceptors (Lipinski definition) is 4. The quantitative estimate of drug-likeness (QED) is 0.744. The van der Waals surface area contributed by atoms with Crippen LogP contribution in [-0.2, 0) is 9.47 Å². The predicted molar refractivity (Wildman–Crippen MR) is 75.0 cm³/mol. The van der Waals surface area contributed by atoms with Gasteiger partial charge in [0.25, 0.3) is 0 Å². The van der Waals surface area contributed by atoms with Crippen molar-refractivity contribution in [2.24, 2.45) is 17.3 Å². The van der Waals surface area contributed by atoms with E-state index in [2.05, 4.69) is 12.2 Å². The predicted octanol–water partition coefficient (Wildman–Crippen LogP) is 3.04. The van der Waals surface area contributed by atoms with Gasteiger partial charge < -0.3 is 18.9 Å². The topological polar surface area (TPSA) is 36.9 Å². The number of fused-ring (bicyclic) bond motifs is 4. The highest BCUT2D eigenvalue weighted by atomic mass is 16.7. The van der Waals surface area contributed by atoms with Crippen LogP contribution in [0.2, 0.25) is 0 Å². The van der Waals surface area contributed by atoms with Crippen LogP contribution in [0.15, 0.2) is 30.4 Å². The van der Waals surface area contributed by atoms with Gasteiger partial charge >= 0.3 is 0 Å². The zero-order chi connectivity index (χ0) is 13.9. The van der Waals surface area contributed by atoms with Crippen molar-refractivity contribution in [2.75, 3.05) is 20.0 Å². The Balaban J connectivity index is 1.34. The molecule has 0 amide bonds. The Kier molecular flexibility index (Phi) is 2.44. The minimum absolute atomic E-state index is 0.215.